The zero-order valence-corrected chi connectivity index (χ0v) is 6.75. The summed E-state index contributed by atoms with van der Waals surface area (Å²) in [7, 11) is 0. The number of para-hydroxylation sites is 1. The molecule has 0 bridgehead atoms. The van der Waals surface area contributed by atoms with Crippen molar-refractivity contribution in [1.29, 1.82) is 0 Å². The molecule has 1 heterocycles. The number of hydrogen-bond donors (Lipinski definition) is 2. The van der Waals surface area contributed by atoms with Crippen LogP contribution >= 0.6 is 0 Å². The maximum absolute atomic E-state index is 5.37. The number of fused-ring (bicyclic) bond motifs is 1. The minimum atomic E-state index is 0.823. The highest BCUT2D eigenvalue weighted by molar-refractivity contribution is 5.83. The van der Waals surface area contributed by atoms with Gasteiger partial charge < -0.3 is 10.7 Å². The second-order valence-electron chi connectivity index (χ2n) is 2.80. The van der Waals surface area contributed by atoms with Gasteiger partial charge in [-0.15, -0.1) is 0 Å². The fourth-order valence-corrected chi connectivity index (χ4v) is 1.43. The third kappa shape index (κ3) is 1.10. The van der Waals surface area contributed by atoms with E-state index in [1.807, 2.05) is 18.3 Å². The van der Waals surface area contributed by atoms with E-state index in [0.29, 0.717) is 0 Å². The van der Waals surface area contributed by atoms with Crippen molar-refractivity contribution in [2.75, 3.05) is 0 Å². The molecule has 3 N–H and O–H groups in total. The maximum Gasteiger partial charge on any atom is 0.0456 e. The van der Waals surface area contributed by atoms with Crippen molar-refractivity contribution in [2.24, 2.45) is 5.73 Å². The highest BCUT2D eigenvalue weighted by Gasteiger charge is 2.00. The second kappa shape index (κ2) is 2.99. The lowest BCUT2D eigenvalue weighted by atomic mass is 10.1. The molecular weight excluding hydrogens is 148 g/mol. The van der Waals surface area contributed by atoms with Gasteiger partial charge >= 0.3 is 0 Å². The number of aromatic nitrogens is 1. The molecule has 1 radical (unpaired) electrons. The minimum Gasteiger partial charge on any atom is -0.361 e. The van der Waals surface area contributed by atoms with Gasteiger partial charge in [0.2, 0.25) is 0 Å². The largest absolute Gasteiger partial charge is 0.361 e. The fourth-order valence-electron chi connectivity index (χ4n) is 1.43. The van der Waals surface area contributed by atoms with Crippen LogP contribution < -0.4 is 5.73 Å². The quantitative estimate of drug-likeness (QED) is 0.689. The Morgan fingerprint density at radius 1 is 1.33 bits per heavy atom. The van der Waals surface area contributed by atoms with Crippen LogP contribution in [0.3, 0.4) is 0 Å². The van der Waals surface area contributed by atoms with Crippen molar-refractivity contribution in [3.8, 4) is 0 Å². The van der Waals surface area contributed by atoms with Crippen molar-refractivity contribution < 1.29 is 0 Å². The Morgan fingerprint density at radius 3 is 3.00 bits per heavy atom. The zero-order valence-electron chi connectivity index (χ0n) is 6.75. The van der Waals surface area contributed by atoms with Crippen LogP contribution in [0.1, 0.15) is 5.56 Å². The number of hydrogen-bond acceptors (Lipinski definition) is 1. The molecule has 2 heteroatoms. The summed E-state index contributed by atoms with van der Waals surface area (Å²) in [6, 6.07) is 8.23. The van der Waals surface area contributed by atoms with Gasteiger partial charge in [-0.25, -0.2) is 0 Å². The molecule has 0 aliphatic rings. The van der Waals surface area contributed by atoms with E-state index in [0.717, 1.165) is 6.42 Å². The predicted molar refractivity (Wildman–Crippen MR) is 50.5 cm³/mol. The first-order chi connectivity index (χ1) is 5.92. The third-order valence-electron chi connectivity index (χ3n) is 2.01. The predicted octanol–water partition coefficient (Wildman–Crippen LogP) is 1.83. The van der Waals surface area contributed by atoms with Crippen LogP contribution in [0.15, 0.2) is 30.5 Å². The minimum absolute atomic E-state index is 0.823. The van der Waals surface area contributed by atoms with E-state index < -0.39 is 0 Å². The molecule has 0 spiro atoms. The monoisotopic (exact) mass is 159 g/mol. The van der Waals surface area contributed by atoms with Crippen molar-refractivity contribution in [3.63, 3.8) is 0 Å². The number of nitrogens with two attached hydrogens (primary N) is 1. The van der Waals surface area contributed by atoms with Crippen molar-refractivity contribution >= 4 is 10.9 Å². The summed E-state index contributed by atoms with van der Waals surface area (Å²) in [5.41, 5.74) is 7.80. The number of rotatable bonds is 2. The summed E-state index contributed by atoms with van der Waals surface area (Å²) in [6.07, 6.45) is 2.83. The van der Waals surface area contributed by atoms with E-state index in [4.69, 9.17) is 5.73 Å². The highest BCUT2D eigenvalue weighted by atomic mass is 14.7. The van der Waals surface area contributed by atoms with Gasteiger partial charge in [0.1, 0.15) is 0 Å². The lowest BCUT2D eigenvalue weighted by Gasteiger charge is -1.93. The molecule has 0 saturated heterocycles. The molecule has 2 rings (SSSR count). The number of nitrogens with one attached hydrogen (secondary N) is 1. The fraction of sp³-hybridized carbons (Fsp3) is 0.100. The number of benzene rings is 1. The molecule has 12 heavy (non-hydrogen) atoms. The molecule has 61 valence electrons. The molecule has 0 fully saturated rings. The molecule has 2 nitrogen and oxygen atoms in total. The first-order valence-corrected chi connectivity index (χ1v) is 4.00. The van der Waals surface area contributed by atoms with Crippen LogP contribution in [0.4, 0.5) is 0 Å². The Balaban J connectivity index is 2.55. The van der Waals surface area contributed by atoms with Crippen LogP contribution in [0.5, 0.6) is 0 Å². The molecular formula is C10H11N2. The van der Waals surface area contributed by atoms with Gasteiger partial charge in [-0.2, -0.15) is 0 Å². The Bertz CT molecular complexity index is 376. The molecule has 0 amide bonds. The Labute approximate surface area is 71.4 Å². The first-order valence-electron chi connectivity index (χ1n) is 4.00. The summed E-state index contributed by atoms with van der Waals surface area (Å²) in [5.74, 6) is 0. The number of H-pyrrole nitrogens is 1. The molecule has 0 atom stereocenters. The molecule has 1 aromatic carbocycles. The van der Waals surface area contributed by atoms with Crippen molar-refractivity contribution in [2.45, 2.75) is 6.42 Å². The zero-order chi connectivity index (χ0) is 8.39. The van der Waals surface area contributed by atoms with E-state index in [9.17, 15) is 0 Å². The summed E-state index contributed by atoms with van der Waals surface area (Å²) < 4.78 is 0. The maximum atomic E-state index is 5.37. The SMILES string of the molecule is N[CH]Cc1c[nH]c2ccccc12. The van der Waals surface area contributed by atoms with E-state index in [1.54, 1.807) is 6.54 Å². The molecule has 0 aliphatic heterocycles. The topological polar surface area (TPSA) is 41.8 Å². The smallest absolute Gasteiger partial charge is 0.0456 e. The van der Waals surface area contributed by atoms with E-state index >= 15 is 0 Å². The van der Waals surface area contributed by atoms with Gasteiger partial charge in [-0.05, 0) is 18.1 Å². The van der Waals surface area contributed by atoms with Crippen molar-refractivity contribution in [1.82, 2.24) is 4.98 Å². The summed E-state index contributed by atoms with van der Waals surface area (Å²) in [4.78, 5) is 3.20. The summed E-state index contributed by atoms with van der Waals surface area (Å²) in [5, 5.41) is 1.26. The van der Waals surface area contributed by atoms with Gasteiger partial charge in [-0.3, -0.25) is 0 Å². The lowest BCUT2D eigenvalue weighted by Crippen LogP contribution is -1.93. The van der Waals surface area contributed by atoms with Gasteiger partial charge in [-0.1, -0.05) is 18.2 Å². The second-order valence-corrected chi connectivity index (χ2v) is 2.80. The van der Waals surface area contributed by atoms with Crippen LogP contribution in [0.25, 0.3) is 10.9 Å². The Kier molecular flexibility index (Phi) is 1.84. The van der Waals surface area contributed by atoms with E-state index in [1.165, 1.54) is 16.5 Å². The number of aromatic amines is 1. The lowest BCUT2D eigenvalue weighted by molar-refractivity contribution is 1.12. The van der Waals surface area contributed by atoms with Gasteiger partial charge in [0.25, 0.3) is 0 Å². The van der Waals surface area contributed by atoms with E-state index in [-0.39, 0.29) is 0 Å². The van der Waals surface area contributed by atoms with Crippen LogP contribution in [0.2, 0.25) is 0 Å². The summed E-state index contributed by atoms with van der Waals surface area (Å²) in [6.45, 7) is 1.68. The van der Waals surface area contributed by atoms with Crippen molar-refractivity contribution in [3.05, 3.63) is 42.6 Å². The van der Waals surface area contributed by atoms with Crippen LogP contribution in [-0.2, 0) is 6.42 Å². The standard InChI is InChI=1S/C10H11N2/c11-6-5-8-7-12-10-4-2-1-3-9(8)10/h1-4,6-7,12H,5,11H2. The normalized spacial score (nSPS) is 10.8. The Hall–Kier alpha value is -1.28. The van der Waals surface area contributed by atoms with Gasteiger partial charge in [0.05, 0.1) is 0 Å². The molecule has 0 unspecified atom stereocenters. The first kappa shape index (κ1) is 7.37. The molecule has 0 saturated carbocycles. The third-order valence-corrected chi connectivity index (χ3v) is 2.01. The Morgan fingerprint density at radius 2 is 2.17 bits per heavy atom. The molecule has 0 aliphatic carbocycles. The molecule has 1 aromatic heterocycles. The van der Waals surface area contributed by atoms with Gasteiger partial charge in [0.15, 0.2) is 0 Å². The van der Waals surface area contributed by atoms with E-state index in [2.05, 4.69) is 17.1 Å². The molecule has 2 aromatic rings. The summed E-state index contributed by atoms with van der Waals surface area (Å²) >= 11 is 0. The van der Waals surface area contributed by atoms with Crippen LogP contribution in [0, 0.1) is 6.54 Å². The van der Waals surface area contributed by atoms with Gasteiger partial charge in [0, 0.05) is 23.6 Å². The average Bonchev–Trinajstić information content (AvgIpc) is 2.50. The highest BCUT2D eigenvalue weighted by Crippen LogP contribution is 2.17. The average molecular weight is 159 g/mol. The van der Waals surface area contributed by atoms with Crippen LogP contribution in [-0.4, -0.2) is 4.98 Å².